The van der Waals surface area contributed by atoms with Gasteiger partial charge in [0.15, 0.2) is 5.13 Å². The molecule has 0 aliphatic carbocycles. The molecular weight excluding hydrogens is 382 g/mol. The van der Waals surface area contributed by atoms with Crippen LogP contribution in [0.5, 0.6) is 5.75 Å². The minimum Gasteiger partial charge on any atom is -0.497 e. The van der Waals surface area contributed by atoms with Gasteiger partial charge in [0.25, 0.3) is 0 Å². The zero-order valence-electron chi connectivity index (χ0n) is 17.2. The number of hydrogen-bond acceptors (Lipinski definition) is 5. The van der Waals surface area contributed by atoms with E-state index in [0.717, 1.165) is 47.9 Å². The minimum atomic E-state index is 0.0650. The number of thiazole rings is 1. The molecule has 5 nitrogen and oxygen atoms in total. The van der Waals surface area contributed by atoms with Crippen molar-refractivity contribution in [3.8, 4) is 5.75 Å². The van der Waals surface area contributed by atoms with Crippen LogP contribution >= 0.6 is 11.3 Å². The van der Waals surface area contributed by atoms with Crippen LogP contribution in [0.4, 0.5) is 5.13 Å². The van der Waals surface area contributed by atoms with Gasteiger partial charge in [0.1, 0.15) is 5.75 Å². The first-order valence-corrected chi connectivity index (χ1v) is 10.9. The second-order valence-electron chi connectivity index (χ2n) is 7.76. The topological polar surface area (TPSA) is 54.5 Å². The summed E-state index contributed by atoms with van der Waals surface area (Å²) in [4.78, 5) is 19.8. The zero-order chi connectivity index (χ0) is 20.4. The first-order chi connectivity index (χ1) is 14.0. The molecule has 152 valence electrons. The summed E-state index contributed by atoms with van der Waals surface area (Å²) in [5, 5.41) is 4.16. The Labute approximate surface area is 175 Å². The van der Waals surface area contributed by atoms with E-state index in [4.69, 9.17) is 9.72 Å². The van der Waals surface area contributed by atoms with Crippen LogP contribution in [0.25, 0.3) is 10.2 Å². The molecule has 0 saturated carbocycles. The highest BCUT2D eigenvalue weighted by molar-refractivity contribution is 7.22. The Morgan fingerprint density at radius 3 is 2.79 bits per heavy atom. The lowest BCUT2D eigenvalue weighted by Gasteiger charge is -2.31. The molecule has 0 spiro atoms. The summed E-state index contributed by atoms with van der Waals surface area (Å²) >= 11 is 1.76. The number of nitrogens with zero attached hydrogens (tertiary/aromatic N) is 2. The quantitative estimate of drug-likeness (QED) is 0.676. The van der Waals surface area contributed by atoms with Crippen molar-refractivity contribution in [1.29, 1.82) is 0 Å². The Morgan fingerprint density at radius 1 is 1.24 bits per heavy atom. The summed E-state index contributed by atoms with van der Waals surface area (Å²) in [7, 11) is 1.65. The Bertz CT molecular complexity index is 1020. The van der Waals surface area contributed by atoms with E-state index in [9.17, 15) is 4.79 Å². The minimum absolute atomic E-state index is 0.0650. The molecule has 4 rings (SSSR count). The number of rotatable bonds is 5. The van der Waals surface area contributed by atoms with E-state index in [1.54, 1.807) is 18.4 Å². The van der Waals surface area contributed by atoms with Gasteiger partial charge in [-0.2, -0.15) is 0 Å². The van der Waals surface area contributed by atoms with Crippen molar-refractivity contribution in [2.24, 2.45) is 5.92 Å². The Balaban J connectivity index is 1.34. The van der Waals surface area contributed by atoms with Crippen LogP contribution in [0.3, 0.4) is 0 Å². The van der Waals surface area contributed by atoms with Gasteiger partial charge in [-0.1, -0.05) is 29.5 Å². The van der Waals surface area contributed by atoms with Crippen molar-refractivity contribution in [2.45, 2.75) is 33.2 Å². The van der Waals surface area contributed by atoms with Crippen molar-refractivity contribution in [1.82, 2.24) is 10.3 Å². The van der Waals surface area contributed by atoms with E-state index in [1.807, 2.05) is 24.3 Å². The summed E-state index contributed by atoms with van der Waals surface area (Å²) in [6.45, 7) is 6.52. The smallest absolute Gasteiger partial charge is 0.223 e. The van der Waals surface area contributed by atoms with Gasteiger partial charge in [0.2, 0.25) is 5.91 Å². The highest BCUT2D eigenvalue weighted by Crippen LogP contribution is 2.33. The fourth-order valence-corrected chi connectivity index (χ4v) is 5.14. The summed E-state index contributed by atoms with van der Waals surface area (Å²) in [6.07, 6.45) is 1.72. The molecule has 0 atom stereocenters. The monoisotopic (exact) mass is 409 g/mol. The van der Waals surface area contributed by atoms with Crippen LogP contribution in [-0.4, -0.2) is 31.1 Å². The summed E-state index contributed by atoms with van der Waals surface area (Å²) < 4.78 is 6.49. The number of benzene rings is 2. The molecule has 0 bridgehead atoms. The molecule has 1 aliphatic heterocycles. The molecule has 1 aromatic heterocycles. The van der Waals surface area contributed by atoms with E-state index in [0.29, 0.717) is 6.54 Å². The van der Waals surface area contributed by atoms with E-state index in [1.165, 1.54) is 15.8 Å². The number of piperidine rings is 1. The number of fused-ring (bicyclic) bond motifs is 1. The number of carbonyl (C=O) groups excluding carboxylic acids is 1. The molecule has 6 heteroatoms. The highest BCUT2D eigenvalue weighted by Gasteiger charge is 2.26. The van der Waals surface area contributed by atoms with Crippen LogP contribution in [0.15, 0.2) is 36.4 Å². The zero-order valence-corrected chi connectivity index (χ0v) is 18.0. The molecule has 3 aromatic rings. The molecule has 2 heterocycles. The average molecular weight is 410 g/mol. The van der Waals surface area contributed by atoms with Gasteiger partial charge in [0.05, 0.1) is 17.3 Å². The highest BCUT2D eigenvalue weighted by atomic mass is 32.1. The third-order valence-corrected chi connectivity index (χ3v) is 6.62. The maximum Gasteiger partial charge on any atom is 0.223 e. The molecule has 1 aliphatic rings. The number of aryl methyl sites for hydroxylation is 2. The Kier molecular flexibility index (Phi) is 5.72. The van der Waals surface area contributed by atoms with Gasteiger partial charge in [0, 0.05) is 25.6 Å². The molecule has 2 aromatic carbocycles. The standard InChI is InChI=1S/C23H27N3O2S/c1-15-11-16(2)21-20(12-15)29-23(25-21)26-9-7-18(8-10-26)22(27)24-14-17-5-4-6-19(13-17)28-3/h4-6,11-13,18H,7-10,14H2,1-3H3,(H,24,27). The van der Waals surface area contributed by atoms with Gasteiger partial charge < -0.3 is 15.0 Å². The lowest BCUT2D eigenvalue weighted by atomic mass is 9.96. The molecule has 1 N–H and O–H groups in total. The third-order valence-electron chi connectivity index (χ3n) is 5.56. The van der Waals surface area contributed by atoms with E-state index < -0.39 is 0 Å². The van der Waals surface area contributed by atoms with E-state index in [2.05, 4.69) is 36.2 Å². The Hall–Kier alpha value is -2.60. The first kappa shape index (κ1) is 19.7. The van der Waals surface area contributed by atoms with Crippen LogP contribution < -0.4 is 15.0 Å². The normalized spacial score (nSPS) is 14.9. The molecule has 1 fully saturated rings. The fraction of sp³-hybridized carbons (Fsp3) is 0.391. The molecule has 29 heavy (non-hydrogen) atoms. The SMILES string of the molecule is COc1cccc(CNC(=O)C2CCN(c3nc4c(C)cc(C)cc4s3)CC2)c1. The van der Waals surface area contributed by atoms with Gasteiger partial charge in [-0.15, -0.1) is 0 Å². The lowest BCUT2D eigenvalue weighted by Crippen LogP contribution is -2.40. The van der Waals surface area contributed by atoms with Crippen molar-refractivity contribution >= 4 is 32.6 Å². The molecular formula is C23H27N3O2S. The third kappa shape index (κ3) is 4.37. The lowest BCUT2D eigenvalue weighted by molar-refractivity contribution is -0.125. The number of carbonyl (C=O) groups is 1. The molecule has 1 amide bonds. The van der Waals surface area contributed by atoms with Gasteiger partial charge in [-0.3, -0.25) is 4.79 Å². The number of amides is 1. The summed E-state index contributed by atoms with van der Waals surface area (Å²) in [5.74, 6) is 1.02. The predicted octanol–water partition coefficient (Wildman–Crippen LogP) is 4.45. The molecule has 1 saturated heterocycles. The van der Waals surface area contributed by atoms with Gasteiger partial charge >= 0.3 is 0 Å². The number of methoxy groups -OCH3 is 1. The van der Waals surface area contributed by atoms with Crippen molar-refractivity contribution in [2.75, 3.05) is 25.1 Å². The largest absolute Gasteiger partial charge is 0.497 e. The number of ether oxygens (including phenoxy) is 1. The van der Waals surface area contributed by atoms with Crippen LogP contribution in [0.1, 0.15) is 29.5 Å². The van der Waals surface area contributed by atoms with Crippen LogP contribution in [0, 0.1) is 19.8 Å². The van der Waals surface area contributed by atoms with Crippen molar-refractivity contribution < 1.29 is 9.53 Å². The van der Waals surface area contributed by atoms with E-state index >= 15 is 0 Å². The number of hydrogen-bond donors (Lipinski definition) is 1. The number of anilines is 1. The Morgan fingerprint density at radius 2 is 2.03 bits per heavy atom. The van der Waals surface area contributed by atoms with Gasteiger partial charge in [-0.25, -0.2) is 4.98 Å². The molecule has 0 radical (unpaired) electrons. The predicted molar refractivity (Wildman–Crippen MR) is 119 cm³/mol. The number of aromatic nitrogens is 1. The first-order valence-electron chi connectivity index (χ1n) is 10.1. The van der Waals surface area contributed by atoms with Gasteiger partial charge in [-0.05, 0) is 61.6 Å². The molecule has 0 unspecified atom stereocenters. The van der Waals surface area contributed by atoms with Crippen LogP contribution in [-0.2, 0) is 11.3 Å². The average Bonchev–Trinajstić information content (AvgIpc) is 3.16. The summed E-state index contributed by atoms with van der Waals surface area (Å²) in [5.41, 5.74) is 4.66. The van der Waals surface area contributed by atoms with Crippen molar-refractivity contribution in [3.05, 3.63) is 53.1 Å². The maximum atomic E-state index is 12.6. The maximum absolute atomic E-state index is 12.6. The van der Waals surface area contributed by atoms with E-state index in [-0.39, 0.29) is 11.8 Å². The summed E-state index contributed by atoms with van der Waals surface area (Å²) in [6, 6.07) is 12.2. The second kappa shape index (κ2) is 8.41. The van der Waals surface area contributed by atoms with Crippen molar-refractivity contribution in [3.63, 3.8) is 0 Å². The number of nitrogens with one attached hydrogen (secondary N) is 1. The fourth-order valence-electron chi connectivity index (χ4n) is 3.94. The second-order valence-corrected chi connectivity index (χ2v) is 8.76. The van der Waals surface area contributed by atoms with Crippen LogP contribution in [0.2, 0.25) is 0 Å².